The highest BCUT2D eigenvalue weighted by atomic mass is 32.1. The van der Waals surface area contributed by atoms with E-state index >= 15 is 0 Å². The molecule has 2 heteroatoms. The third-order valence-electron chi connectivity index (χ3n) is 6.90. The third-order valence-corrected chi connectivity index (χ3v) is 8.12. The molecule has 1 aromatic heterocycles. The van der Waals surface area contributed by atoms with Crippen molar-refractivity contribution in [3.8, 4) is 10.4 Å². The molecule has 1 aliphatic rings. The number of thiophene rings is 1. The van der Waals surface area contributed by atoms with E-state index in [0.717, 1.165) is 0 Å². The highest BCUT2D eigenvalue weighted by Crippen LogP contribution is 2.37. The second-order valence-corrected chi connectivity index (χ2v) is 11.0. The first-order valence-corrected chi connectivity index (χ1v) is 12.5. The van der Waals surface area contributed by atoms with Crippen molar-refractivity contribution in [2.75, 3.05) is 0 Å². The van der Waals surface area contributed by atoms with Gasteiger partial charge in [-0.05, 0) is 56.9 Å². The summed E-state index contributed by atoms with van der Waals surface area (Å²) in [5.74, 6) is 1.53. The normalized spacial score (nSPS) is 13.0. The summed E-state index contributed by atoms with van der Waals surface area (Å²) in [5.41, 5.74) is 10.5. The van der Waals surface area contributed by atoms with Crippen molar-refractivity contribution in [2.24, 2.45) is 0 Å². The van der Waals surface area contributed by atoms with E-state index in [1.54, 1.807) is 5.46 Å². The first kappa shape index (κ1) is 20.6. The molecule has 5 rings (SSSR count). The second kappa shape index (κ2) is 7.67. The van der Waals surface area contributed by atoms with Crippen LogP contribution >= 0.6 is 11.3 Å². The van der Waals surface area contributed by atoms with Crippen LogP contribution in [0.1, 0.15) is 76.0 Å². The molecule has 0 spiro atoms. The van der Waals surface area contributed by atoms with E-state index in [1.165, 1.54) is 48.1 Å². The maximum Gasteiger partial charge on any atom is 0.245 e. The molecule has 4 aromatic rings. The first-order valence-electron chi connectivity index (χ1n) is 11.7. The molecule has 0 fully saturated rings. The summed E-state index contributed by atoms with van der Waals surface area (Å²) in [6.07, 6.45) is 0. The Morgan fingerprint density at radius 2 is 1.29 bits per heavy atom. The lowest BCUT2D eigenvalue weighted by molar-refractivity contribution is 0.812. The van der Waals surface area contributed by atoms with Crippen LogP contribution in [0.4, 0.5) is 0 Å². The van der Waals surface area contributed by atoms with E-state index in [1.807, 2.05) is 11.3 Å². The average molecular weight is 422 g/mol. The zero-order chi connectivity index (χ0) is 21.9. The molecule has 0 unspecified atom stereocenters. The largest absolute Gasteiger partial charge is 0.245 e. The van der Waals surface area contributed by atoms with Gasteiger partial charge < -0.3 is 0 Å². The first-order chi connectivity index (χ1) is 14.9. The fraction of sp³-hybridized carbons (Fsp3) is 0.310. The van der Waals surface area contributed by atoms with E-state index in [-0.39, 0.29) is 0 Å². The quantitative estimate of drug-likeness (QED) is 0.281. The van der Waals surface area contributed by atoms with E-state index in [4.69, 9.17) is 0 Å². The van der Waals surface area contributed by atoms with Crippen molar-refractivity contribution in [2.45, 2.75) is 59.3 Å². The number of hydrogen-bond acceptors (Lipinski definition) is 1. The molecular formula is C29H31BS. The summed E-state index contributed by atoms with van der Waals surface area (Å²) in [6.45, 7) is 14.4. The Bertz CT molecular complexity index is 1250. The average Bonchev–Trinajstić information content (AvgIpc) is 3.27. The van der Waals surface area contributed by atoms with Crippen molar-refractivity contribution in [3.05, 3.63) is 77.4 Å². The molecule has 0 radical (unpaired) electrons. The summed E-state index contributed by atoms with van der Waals surface area (Å²) < 4.78 is 1.41. The van der Waals surface area contributed by atoms with Crippen molar-refractivity contribution in [3.63, 3.8) is 0 Å². The third kappa shape index (κ3) is 3.19. The molecule has 0 aliphatic carbocycles. The van der Waals surface area contributed by atoms with Gasteiger partial charge in [0.15, 0.2) is 0 Å². The minimum atomic E-state index is 0.318. The molecule has 31 heavy (non-hydrogen) atoms. The van der Waals surface area contributed by atoms with Crippen LogP contribution in [0.5, 0.6) is 0 Å². The second-order valence-electron chi connectivity index (χ2n) is 9.94. The Morgan fingerprint density at radius 3 is 1.94 bits per heavy atom. The molecule has 1 aliphatic heterocycles. The van der Waals surface area contributed by atoms with Crippen LogP contribution in [-0.4, -0.2) is 6.71 Å². The zero-order valence-electron chi connectivity index (χ0n) is 19.5. The van der Waals surface area contributed by atoms with E-state index < -0.39 is 0 Å². The van der Waals surface area contributed by atoms with Crippen LogP contribution in [0.15, 0.2) is 60.7 Å². The summed E-state index contributed by atoms with van der Waals surface area (Å²) >= 11 is 1.96. The lowest BCUT2D eigenvalue weighted by Gasteiger charge is -2.26. The van der Waals surface area contributed by atoms with Crippen LogP contribution < -0.4 is 16.4 Å². The summed E-state index contributed by atoms with van der Waals surface area (Å²) in [6, 6.07) is 23.1. The van der Waals surface area contributed by atoms with Crippen molar-refractivity contribution >= 4 is 44.5 Å². The topological polar surface area (TPSA) is 0 Å². The van der Waals surface area contributed by atoms with Gasteiger partial charge >= 0.3 is 0 Å². The predicted molar refractivity (Wildman–Crippen MR) is 141 cm³/mol. The van der Waals surface area contributed by atoms with E-state index in [2.05, 4.69) is 102 Å². The Balaban J connectivity index is 1.89. The number of rotatable bonds is 4. The van der Waals surface area contributed by atoms with Gasteiger partial charge in [-0.15, -0.1) is 11.3 Å². The standard InChI is InChI=1S/C29H31BS/c1-17(2)20-15-23(18(3)4)27(24(16-20)19(5)6)30-25-13-9-7-11-21(25)29-28(30)22-12-8-10-14-26(22)31-29/h7-19H,1-6H3. The molecular weight excluding hydrogens is 391 g/mol. The molecule has 0 nitrogen and oxygen atoms in total. The van der Waals surface area contributed by atoms with Gasteiger partial charge in [-0.3, -0.25) is 0 Å². The Morgan fingerprint density at radius 1 is 0.677 bits per heavy atom. The van der Waals surface area contributed by atoms with Gasteiger partial charge in [0.2, 0.25) is 6.71 Å². The van der Waals surface area contributed by atoms with Gasteiger partial charge in [-0.1, -0.05) is 107 Å². The number of benzene rings is 3. The van der Waals surface area contributed by atoms with Crippen molar-refractivity contribution in [1.82, 2.24) is 0 Å². The fourth-order valence-corrected chi connectivity index (χ4v) is 6.60. The Labute approximate surface area is 191 Å². The Hall–Kier alpha value is -2.32. The van der Waals surface area contributed by atoms with Crippen molar-refractivity contribution in [1.29, 1.82) is 0 Å². The predicted octanol–water partition coefficient (Wildman–Crippen LogP) is 6.77. The lowest BCUT2D eigenvalue weighted by Crippen LogP contribution is -2.52. The monoisotopic (exact) mass is 422 g/mol. The van der Waals surface area contributed by atoms with E-state index in [0.29, 0.717) is 24.5 Å². The molecule has 156 valence electrons. The van der Waals surface area contributed by atoms with Crippen molar-refractivity contribution < 1.29 is 0 Å². The molecule has 0 N–H and O–H groups in total. The maximum absolute atomic E-state index is 2.51. The van der Waals surface area contributed by atoms with Gasteiger partial charge in [0.25, 0.3) is 0 Å². The number of hydrogen-bond donors (Lipinski definition) is 0. The molecule has 0 saturated carbocycles. The minimum absolute atomic E-state index is 0.318. The van der Waals surface area contributed by atoms with E-state index in [9.17, 15) is 0 Å². The highest BCUT2D eigenvalue weighted by molar-refractivity contribution is 7.26. The fourth-order valence-electron chi connectivity index (χ4n) is 5.31. The van der Waals surface area contributed by atoms with Gasteiger partial charge in [-0.2, -0.15) is 0 Å². The molecule has 0 amide bonds. The summed E-state index contributed by atoms with van der Waals surface area (Å²) in [7, 11) is 0. The molecule has 0 atom stereocenters. The highest BCUT2D eigenvalue weighted by Gasteiger charge is 2.39. The summed E-state index contributed by atoms with van der Waals surface area (Å²) in [4.78, 5) is 1.47. The van der Waals surface area contributed by atoms with Crippen LogP contribution in [-0.2, 0) is 0 Å². The zero-order valence-corrected chi connectivity index (χ0v) is 20.3. The van der Waals surface area contributed by atoms with Gasteiger partial charge in [0, 0.05) is 9.58 Å². The molecule has 0 bridgehead atoms. The molecule has 3 aromatic carbocycles. The van der Waals surface area contributed by atoms with Gasteiger partial charge in [0.1, 0.15) is 0 Å². The summed E-state index contributed by atoms with van der Waals surface area (Å²) in [5, 5.41) is 1.43. The van der Waals surface area contributed by atoms with Crippen LogP contribution in [0.3, 0.4) is 0 Å². The minimum Gasteiger partial charge on any atom is -0.136 e. The smallest absolute Gasteiger partial charge is 0.136 e. The Kier molecular flexibility index (Phi) is 5.09. The SMILES string of the molecule is CC(C)c1cc(C(C)C)c(B2c3ccccc3-c3sc4ccccc4c32)c(C(C)C)c1. The van der Waals surface area contributed by atoms with Gasteiger partial charge in [0.05, 0.1) is 0 Å². The molecule has 0 saturated heterocycles. The van der Waals surface area contributed by atoms with Crippen LogP contribution in [0.25, 0.3) is 20.5 Å². The molecule has 2 heterocycles. The van der Waals surface area contributed by atoms with Crippen LogP contribution in [0, 0.1) is 0 Å². The lowest BCUT2D eigenvalue weighted by atomic mass is 9.36. The maximum atomic E-state index is 2.51. The van der Waals surface area contributed by atoms with Gasteiger partial charge in [-0.25, -0.2) is 0 Å². The number of fused-ring (bicyclic) bond motifs is 5. The van der Waals surface area contributed by atoms with Crippen LogP contribution in [0.2, 0.25) is 0 Å².